The van der Waals surface area contributed by atoms with Crippen LogP contribution in [0.1, 0.15) is 16.8 Å². The molecule has 1 aromatic carbocycles. The largest absolute Gasteiger partial charge is 0.497 e. The average molecular weight is 233 g/mol. The summed E-state index contributed by atoms with van der Waals surface area (Å²) in [5.74, 6) is 0.882. The van der Waals surface area contributed by atoms with Crippen LogP contribution < -0.4 is 4.74 Å². The summed E-state index contributed by atoms with van der Waals surface area (Å²) in [4.78, 5) is 5.91. The van der Waals surface area contributed by atoms with Gasteiger partial charge in [-0.05, 0) is 37.6 Å². The molecule has 2 nitrogen and oxygen atoms in total. The molecule has 0 spiro atoms. The van der Waals surface area contributed by atoms with Gasteiger partial charge in [-0.25, -0.2) is 4.98 Å². The molecule has 84 valence electrons. The summed E-state index contributed by atoms with van der Waals surface area (Å²) >= 11 is 1.78. The van der Waals surface area contributed by atoms with Crippen LogP contribution in [0.3, 0.4) is 0 Å². The van der Waals surface area contributed by atoms with Gasteiger partial charge in [0.2, 0.25) is 0 Å². The van der Waals surface area contributed by atoms with Gasteiger partial charge in [0.05, 0.1) is 17.8 Å². The lowest BCUT2D eigenvalue weighted by Crippen LogP contribution is -1.84. The molecular formula is C13H15NOS. The zero-order valence-corrected chi connectivity index (χ0v) is 10.6. The number of ether oxygens (including phenoxy) is 1. The molecule has 0 fully saturated rings. The maximum Gasteiger partial charge on any atom is 0.118 e. The molecule has 0 saturated carbocycles. The van der Waals surface area contributed by atoms with Crippen molar-refractivity contribution in [3.63, 3.8) is 0 Å². The van der Waals surface area contributed by atoms with Crippen LogP contribution in [0.4, 0.5) is 0 Å². The Bertz CT molecular complexity index is 473. The van der Waals surface area contributed by atoms with E-state index in [1.165, 1.54) is 9.88 Å². The van der Waals surface area contributed by atoms with Crippen LogP contribution >= 0.6 is 11.3 Å². The van der Waals surface area contributed by atoms with Crippen molar-refractivity contribution in [3.05, 3.63) is 34.2 Å². The monoisotopic (exact) mass is 233 g/mol. The Hall–Kier alpha value is -1.35. The van der Waals surface area contributed by atoms with E-state index < -0.39 is 0 Å². The first-order valence-corrected chi connectivity index (χ1v) is 6.17. The van der Waals surface area contributed by atoms with Crippen molar-refractivity contribution in [2.75, 3.05) is 7.11 Å². The Morgan fingerprint density at radius 3 is 2.44 bits per heavy atom. The van der Waals surface area contributed by atoms with Gasteiger partial charge in [-0.2, -0.15) is 0 Å². The summed E-state index contributed by atoms with van der Waals surface area (Å²) in [7, 11) is 1.68. The van der Waals surface area contributed by atoms with E-state index in [0.29, 0.717) is 0 Å². The van der Waals surface area contributed by atoms with E-state index in [4.69, 9.17) is 4.74 Å². The molecule has 16 heavy (non-hydrogen) atoms. The summed E-state index contributed by atoms with van der Waals surface area (Å²) in [6, 6.07) is 8.06. The average Bonchev–Trinajstić information content (AvgIpc) is 2.71. The third-order valence-electron chi connectivity index (χ3n) is 2.51. The molecule has 0 amide bonds. The number of hydrogen-bond donors (Lipinski definition) is 0. The maximum atomic E-state index is 5.14. The fourth-order valence-electron chi connectivity index (χ4n) is 1.62. The van der Waals surface area contributed by atoms with Gasteiger partial charge in [0.15, 0.2) is 0 Å². The molecule has 2 rings (SSSR count). The molecule has 0 aliphatic carbocycles. The summed E-state index contributed by atoms with van der Waals surface area (Å²) < 4.78 is 5.14. The quantitative estimate of drug-likeness (QED) is 0.806. The van der Waals surface area contributed by atoms with Crippen molar-refractivity contribution in [1.82, 2.24) is 4.98 Å². The van der Waals surface area contributed by atoms with Crippen LogP contribution in [0.15, 0.2) is 24.3 Å². The predicted molar refractivity (Wildman–Crippen MR) is 68.2 cm³/mol. The highest BCUT2D eigenvalue weighted by molar-refractivity contribution is 7.12. The van der Waals surface area contributed by atoms with Crippen LogP contribution in [0.5, 0.6) is 5.75 Å². The molecule has 0 aliphatic rings. The van der Waals surface area contributed by atoms with Crippen LogP contribution in [0, 0.1) is 6.92 Å². The Morgan fingerprint density at radius 1 is 1.25 bits per heavy atom. The van der Waals surface area contributed by atoms with Crippen LogP contribution in [0.25, 0.3) is 11.3 Å². The second-order valence-electron chi connectivity index (χ2n) is 3.59. The van der Waals surface area contributed by atoms with Gasteiger partial charge in [-0.15, -0.1) is 11.3 Å². The maximum absolute atomic E-state index is 5.14. The molecule has 0 unspecified atom stereocenters. The zero-order valence-electron chi connectivity index (χ0n) is 9.78. The van der Waals surface area contributed by atoms with Crippen LogP contribution in [-0.4, -0.2) is 12.1 Å². The summed E-state index contributed by atoms with van der Waals surface area (Å²) in [5.41, 5.74) is 2.26. The summed E-state index contributed by atoms with van der Waals surface area (Å²) in [6.45, 7) is 4.26. The number of aryl methyl sites for hydroxylation is 2. The van der Waals surface area contributed by atoms with Crippen LogP contribution in [0.2, 0.25) is 0 Å². The molecule has 1 heterocycles. The first-order valence-electron chi connectivity index (χ1n) is 5.35. The normalized spacial score (nSPS) is 10.4. The lowest BCUT2D eigenvalue weighted by molar-refractivity contribution is 0.415. The van der Waals surface area contributed by atoms with E-state index in [-0.39, 0.29) is 0 Å². The van der Waals surface area contributed by atoms with E-state index in [1.807, 2.05) is 12.1 Å². The Morgan fingerprint density at radius 2 is 1.94 bits per heavy atom. The van der Waals surface area contributed by atoms with Gasteiger partial charge in [0.1, 0.15) is 5.75 Å². The highest BCUT2D eigenvalue weighted by Gasteiger charge is 2.08. The fraction of sp³-hybridized carbons (Fsp3) is 0.308. The minimum atomic E-state index is 0.882. The smallest absolute Gasteiger partial charge is 0.118 e. The van der Waals surface area contributed by atoms with E-state index >= 15 is 0 Å². The van der Waals surface area contributed by atoms with Gasteiger partial charge in [0.25, 0.3) is 0 Å². The highest BCUT2D eigenvalue weighted by Crippen LogP contribution is 2.28. The Balaban J connectivity index is 2.38. The fourth-order valence-corrected chi connectivity index (χ4v) is 2.51. The van der Waals surface area contributed by atoms with E-state index in [1.54, 1.807) is 18.4 Å². The zero-order chi connectivity index (χ0) is 11.5. The molecule has 0 aliphatic heterocycles. The number of benzene rings is 1. The standard InChI is InChI=1S/C13H15NOS/c1-4-12-14-13(9(2)16-12)10-5-7-11(15-3)8-6-10/h5-8H,4H2,1-3H3. The number of aromatic nitrogens is 1. The minimum Gasteiger partial charge on any atom is -0.497 e. The highest BCUT2D eigenvalue weighted by atomic mass is 32.1. The number of methoxy groups -OCH3 is 1. The van der Waals surface area contributed by atoms with Crippen molar-refractivity contribution in [2.24, 2.45) is 0 Å². The molecule has 0 N–H and O–H groups in total. The van der Waals surface area contributed by atoms with Crippen molar-refractivity contribution in [3.8, 4) is 17.0 Å². The topological polar surface area (TPSA) is 22.1 Å². The van der Waals surface area contributed by atoms with Gasteiger partial charge in [0, 0.05) is 10.4 Å². The molecule has 0 saturated heterocycles. The number of thiazole rings is 1. The lowest BCUT2D eigenvalue weighted by atomic mass is 10.1. The van der Waals surface area contributed by atoms with Gasteiger partial charge in [-0.1, -0.05) is 6.92 Å². The predicted octanol–water partition coefficient (Wildman–Crippen LogP) is 3.69. The molecular weight excluding hydrogens is 218 g/mol. The van der Waals surface area contributed by atoms with E-state index in [9.17, 15) is 0 Å². The first-order chi connectivity index (χ1) is 7.74. The first kappa shape index (κ1) is 11.1. The van der Waals surface area contributed by atoms with Gasteiger partial charge >= 0.3 is 0 Å². The summed E-state index contributed by atoms with van der Waals surface area (Å²) in [5, 5.41) is 1.20. The number of nitrogens with zero attached hydrogens (tertiary/aromatic N) is 1. The molecule has 3 heteroatoms. The van der Waals surface area contributed by atoms with Gasteiger partial charge < -0.3 is 4.74 Å². The second kappa shape index (κ2) is 4.66. The minimum absolute atomic E-state index is 0.882. The van der Waals surface area contributed by atoms with Crippen molar-refractivity contribution < 1.29 is 4.74 Å². The molecule has 1 aromatic heterocycles. The Labute approximate surface area is 99.9 Å². The number of rotatable bonds is 3. The molecule has 2 aromatic rings. The third-order valence-corrected chi connectivity index (χ3v) is 3.62. The van der Waals surface area contributed by atoms with Gasteiger partial charge in [-0.3, -0.25) is 0 Å². The molecule has 0 radical (unpaired) electrons. The molecule has 0 bridgehead atoms. The summed E-state index contributed by atoms with van der Waals surface area (Å²) in [6.07, 6.45) is 1.00. The van der Waals surface area contributed by atoms with Crippen LogP contribution in [-0.2, 0) is 6.42 Å². The molecule has 0 atom stereocenters. The van der Waals surface area contributed by atoms with E-state index in [0.717, 1.165) is 23.4 Å². The van der Waals surface area contributed by atoms with Crippen molar-refractivity contribution in [1.29, 1.82) is 0 Å². The Kier molecular flexibility index (Phi) is 3.25. The number of hydrogen-bond acceptors (Lipinski definition) is 3. The second-order valence-corrected chi connectivity index (χ2v) is 4.88. The van der Waals surface area contributed by atoms with Crippen molar-refractivity contribution >= 4 is 11.3 Å². The van der Waals surface area contributed by atoms with E-state index in [2.05, 4.69) is 31.0 Å². The SMILES string of the molecule is CCc1nc(-c2ccc(OC)cc2)c(C)s1. The third kappa shape index (κ3) is 2.09. The lowest BCUT2D eigenvalue weighted by Gasteiger charge is -2.01. The van der Waals surface area contributed by atoms with Crippen molar-refractivity contribution in [2.45, 2.75) is 20.3 Å².